The number of rotatable bonds is 5. The Kier molecular flexibility index (Phi) is 6.44. The Morgan fingerprint density at radius 3 is 2.45 bits per heavy atom. The molecular formula is C15H16N2O5. The number of benzene rings is 1. The van der Waals surface area contributed by atoms with Crippen LogP contribution in [0.25, 0.3) is 5.76 Å². The van der Waals surface area contributed by atoms with Crippen molar-refractivity contribution in [3.8, 4) is 6.07 Å². The first-order valence-electron chi connectivity index (χ1n) is 6.58. The first-order valence-corrected chi connectivity index (χ1v) is 6.58. The van der Waals surface area contributed by atoms with Crippen LogP contribution in [-0.4, -0.2) is 30.4 Å². The van der Waals surface area contributed by atoms with E-state index in [2.05, 4.69) is 5.32 Å². The highest BCUT2D eigenvalue weighted by Crippen LogP contribution is 2.25. The molecule has 1 amide bonds. The Hall–Kier alpha value is -3.01. The number of nitriles is 1. The first-order chi connectivity index (χ1) is 10.5. The number of hydrogen-bond acceptors (Lipinski definition) is 6. The lowest BCUT2D eigenvalue weighted by molar-refractivity contribution is -0.138. The maximum absolute atomic E-state index is 11.7. The van der Waals surface area contributed by atoms with Crippen molar-refractivity contribution >= 4 is 23.5 Å². The first kappa shape index (κ1) is 17.0. The third kappa shape index (κ3) is 4.24. The van der Waals surface area contributed by atoms with Gasteiger partial charge in [-0.3, -0.25) is 5.32 Å². The number of carbonyl (C=O) groups is 2. The minimum absolute atomic E-state index is 0.0695. The predicted molar refractivity (Wildman–Crippen MR) is 78.9 cm³/mol. The molecule has 0 atom stereocenters. The van der Waals surface area contributed by atoms with Crippen molar-refractivity contribution in [1.29, 1.82) is 5.26 Å². The SMILES string of the molecule is CCOC(=O)Nc1ccccc1/C(O)=C(\C#N)C(=O)OCC. The Bertz CT molecular complexity index is 631. The van der Waals surface area contributed by atoms with Gasteiger partial charge in [0.05, 0.1) is 18.9 Å². The predicted octanol–water partition coefficient (Wildman–Crippen LogP) is 2.61. The Balaban J connectivity index is 3.22. The molecule has 0 heterocycles. The molecule has 0 fully saturated rings. The van der Waals surface area contributed by atoms with Gasteiger partial charge in [-0.25, -0.2) is 9.59 Å². The largest absolute Gasteiger partial charge is 0.506 e. The summed E-state index contributed by atoms with van der Waals surface area (Å²) < 4.78 is 9.45. The number of para-hydroxylation sites is 1. The number of amides is 1. The lowest BCUT2D eigenvalue weighted by Crippen LogP contribution is -2.15. The van der Waals surface area contributed by atoms with E-state index in [9.17, 15) is 14.7 Å². The number of nitrogens with zero attached hydrogens (tertiary/aromatic N) is 1. The van der Waals surface area contributed by atoms with Gasteiger partial charge >= 0.3 is 12.1 Å². The summed E-state index contributed by atoms with van der Waals surface area (Å²) in [5, 5.41) is 21.6. The van der Waals surface area contributed by atoms with E-state index in [0.29, 0.717) is 0 Å². The second-order valence-electron chi connectivity index (χ2n) is 3.95. The number of anilines is 1. The highest BCUT2D eigenvalue weighted by atomic mass is 16.5. The molecule has 7 nitrogen and oxygen atoms in total. The number of esters is 1. The number of carbonyl (C=O) groups excluding carboxylic acids is 2. The molecule has 0 saturated heterocycles. The molecule has 0 aromatic heterocycles. The maximum atomic E-state index is 11.7. The van der Waals surface area contributed by atoms with Crippen molar-refractivity contribution < 1.29 is 24.2 Å². The van der Waals surface area contributed by atoms with Crippen LogP contribution in [0.1, 0.15) is 19.4 Å². The van der Waals surface area contributed by atoms with Gasteiger partial charge in [-0.1, -0.05) is 12.1 Å². The zero-order valence-corrected chi connectivity index (χ0v) is 12.3. The van der Waals surface area contributed by atoms with Gasteiger partial charge < -0.3 is 14.6 Å². The summed E-state index contributed by atoms with van der Waals surface area (Å²) in [4.78, 5) is 23.1. The molecule has 0 radical (unpaired) electrons. The quantitative estimate of drug-likeness (QED) is 0.374. The molecule has 22 heavy (non-hydrogen) atoms. The highest BCUT2D eigenvalue weighted by Gasteiger charge is 2.20. The van der Waals surface area contributed by atoms with Crippen LogP contribution in [0, 0.1) is 11.3 Å². The lowest BCUT2D eigenvalue weighted by atomic mass is 10.1. The fourth-order valence-electron chi connectivity index (χ4n) is 1.61. The average Bonchev–Trinajstić information content (AvgIpc) is 2.49. The molecule has 0 unspecified atom stereocenters. The molecule has 0 saturated carbocycles. The summed E-state index contributed by atoms with van der Waals surface area (Å²) >= 11 is 0. The molecule has 2 N–H and O–H groups in total. The van der Waals surface area contributed by atoms with Gasteiger partial charge in [-0.2, -0.15) is 5.26 Å². The molecule has 7 heteroatoms. The van der Waals surface area contributed by atoms with Gasteiger partial charge in [0.1, 0.15) is 11.8 Å². The minimum Gasteiger partial charge on any atom is -0.506 e. The van der Waals surface area contributed by atoms with E-state index in [0.717, 1.165) is 0 Å². The van der Waals surface area contributed by atoms with E-state index in [1.54, 1.807) is 32.0 Å². The molecule has 1 aromatic rings. The Morgan fingerprint density at radius 2 is 1.86 bits per heavy atom. The van der Waals surface area contributed by atoms with Gasteiger partial charge in [-0.15, -0.1) is 0 Å². The van der Waals surface area contributed by atoms with Crippen LogP contribution in [0.15, 0.2) is 29.8 Å². The number of hydrogen-bond donors (Lipinski definition) is 2. The van der Waals surface area contributed by atoms with E-state index >= 15 is 0 Å². The summed E-state index contributed by atoms with van der Waals surface area (Å²) in [6, 6.07) is 7.76. The summed E-state index contributed by atoms with van der Waals surface area (Å²) in [6.07, 6.45) is -0.711. The molecule has 0 aliphatic carbocycles. The van der Waals surface area contributed by atoms with E-state index in [4.69, 9.17) is 14.7 Å². The second-order valence-corrected chi connectivity index (χ2v) is 3.95. The summed E-state index contributed by atoms with van der Waals surface area (Å²) in [5.41, 5.74) is -0.226. The van der Waals surface area contributed by atoms with Crippen LogP contribution >= 0.6 is 0 Å². The number of aliphatic hydroxyl groups excluding tert-OH is 1. The molecule has 0 spiro atoms. The van der Waals surface area contributed by atoms with Crippen molar-refractivity contribution in [2.75, 3.05) is 18.5 Å². The Labute approximate surface area is 127 Å². The monoisotopic (exact) mass is 304 g/mol. The van der Waals surface area contributed by atoms with E-state index in [-0.39, 0.29) is 24.5 Å². The van der Waals surface area contributed by atoms with Crippen LogP contribution in [0.3, 0.4) is 0 Å². The molecular weight excluding hydrogens is 288 g/mol. The smallest absolute Gasteiger partial charge is 0.411 e. The van der Waals surface area contributed by atoms with Crippen molar-refractivity contribution in [1.82, 2.24) is 0 Å². The Morgan fingerprint density at radius 1 is 1.23 bits per heavy atom. The van der Waals surface area contributed by atoms with Gasteiger partial charge in [0.2, 0.25) is 0 Å². The minimum atomic E-state index is -0.937. The van der Waals surface area contributed by atoms with E-state index in [1.807, 2.05) is 0 Å². The molecule has 0 aliphatic rings. The molecule has 116 valence electrons. The normalized spacial score (nSPS) is 11.0. The van der Waals surface area contributed by atoms with Gasteiger partial charge in [0, 0.05) is 5.56 Å². The van der Waals surface area contributed by atoms with Gasteiger partial charge in [0.15, 0.2) is 5.57 Å². The number of aliphatic hydroxyl groups is 1. The zero-order chi connectivity index (χ0) is 16.5. The number of ether oxygens (including phenoxy) is 2. The van der Waals surface area contributed by atoms with E-state index in [1.165, 1.54) is 12.1 Å². The van der Waals surface area contributed by atoms with Crippen LogP contribution in [-0.2, 0) is 14.3 Å². The summed E-state index contributed by atoms with van der Waals surface area (Å²) in [6.45, 7) is 3.49. The van der Waals surface area contributed by atoms with Crippen molar-refractivity contribution in [3.63, 3.8) is 0 Å². The standard InChI is InChI=1S/C15H16N2O5/c1-3-21-14(19)11(9-16)13(18)10-7-5-6-8-12(10)17-15(20)22-4-2/h5-8,18H,3-4H2,1-2H3,(H,17,20)/b13-11-. The fourth-order valence-corrected chi connectivity index (χ4v) is 1.61. The summed E-state index contributed by atoms with van der Waals surface area (Å²) in [5.74, 6) is -1.51. The molecule has 0 aliphatic heterocycles. The van der Waals surface area contributed by atoms with Crippen molar-refractivity contribution in [2.24, 2.45) is 0 Å². The third-order valence-electron chi connectivity index (χ3n) is 2.52. The van der Waals surface area contributed by atoms with Gasteiger partial charge in [-0.05, 0) is 26.0 Å². The molecule has 1 aromatic carbocycles. The van der Waals surface area contributed by atoms with Crippen molar-refractivity contribution in [3.05, 3.63) is 35.4 Å². The molecule has 0 bridgehead atoms. The third-order valence-corrected chi connectivity index (χ3v) is 2.52. The second kappa shape index (κ2) is 8.32. The summed E-state index contributed by atoms with van der Waals surface area (Å²) in [7, 11) is 0. The van der Waals surface area contributed by atoms with Gasteiger partial charge in [0.25, 0.3) is 0 Å². The fraction of sp³-hybridized carbons (Fsp3) is 0.267. The van der Waals surface area contributed by atoms with E-state index < -0.39 is 23.4 Å². The average molecular weight is 304 g/mol. The van der Waals surface area contributed by atoms with Crippen LogP contribution in [0.2, 0.25) is 0 Å². The maximum Gasteiger partial charge on any atom is 0.411 e. The van der Waals surface area contributed by atoms with Crippen LogP contribution in [0.4, 0.5) is 10.5 Å². The highest BCUT2D eigenvalue weighted by molar-refractivity contribution is 6.02. The van der Waals surface area contributed by atoms with Crippen LogP contribution in [0.5, 0.6) is 0 Å². The van der Waals surface area contributed by atoms with Crippen molar-refractivity contribution in [2.45, 2.75) is 13.8 Å². The lowest BCUT2D eigenvalue weighted by Gasteiger charge is -2.11. The van der Waals surface area contributed by atoms with Crippen LogP contribution < -0.4 is 5.32 Å². The topological polar surface area (TPSA) is 109 Å². The zero-order valence-electron chi connectivity index (χ0n) is 12.3. The molecule has 1 rings (SSSR count). The number of nitrogens with one attached hydrogen (secondary N) is 1.